The van der Waals surface area contributed by atoms with E-state index < -0.39 is 12.0 Å². The molecular formula is C29H30N4O4S. The van der Waals surface area contributed by atoms with E-state index in [1.165, 1.54) is 15.9 Å². The van der Waals surface area contributed by atoms with Crippen LogP contribution in [0.5, 0.6) is 0 Å². The van der Waals surface area contributed by atoms with Crippen LogP contribution in [0.25, 0.3) is 5.57 Å². The van der Waals surface area contributed by atoms with Crippen molar-refractivity contribution in [1.29, 1.82) is 0 Å². The molecule has 196 valence electrons. The van der Waals surface area contributed by atoms with Gasteiger partial charge in [-0.3, -0.25) is 14.2 Å². The maximum atomic E-state index is 14.2. The minimum Gasteiger partial charge on any atom is -0.463 e. The molecule has 2 aliphatic rings. The van der Waals surface area contributed by atoms with Crippen molar-refractivity contribution in [1.82, 2.24) is 4.57 Å². The van der Waals surface area contributed by atoms with Crippen LogP contribution < -0.4 is 24.7 Å². The zero-order chi connectivity index (χ0) is 27.3. The first-order valence-electron chi connectivity index (χ1n) is 12.6. The van der Waals surface area contributed by atoms with Crippen molar-refractivity contribution in [3.63, 3.8) is 0 Å². The molecule has 1 aromatic heterocycles. The second kappa shape index (κ2) is 9.72. The molecule has 38 heavy (non-hydrogen) atoms. The number of para-hydroxylation sites is 1. The van der Waals surface area contributed by atoms with Crippen LogP contribution in [0.2, 0.25) is 0 Å². The summed E-state index contributed by atoms with van der Waals surface area (Å²) in [5.41, 5.74) is 4.08. The SMILES string of the molecule is CCOC(=O)C1=C(C)N=c2s/c(=C3/C(=O)N(C(C)C)c4ccccc43)c(=O)n2[C@H]1c1ccc(N(C)C)cc1. The van der Waals surface area contributed by atoms with Crippen LogP contribution in [0.3, 0.4) is 0 Å². The first-order valence-corrected chi connectivity index (χ1v) is 13.4. The highest BCUT2D eigenvalue weighted by molar-refractivity contribution is 7.07. The van der Waals surface area contributed by atoms with Crippen molar-refractivity contribution in [2.24, 2.45) is 4.99 Å². The third-order valence-electron chi connectivity index (χ3n) is 6.83. The molecule has 0 aliphatic carbocycles. The summed E-state index contributed by atoms with van der Waals surface area (Å²) in [6.45, 7) is 7.60. The van der Waals surface area contributed by atoms with E-state index in [1.54, 1.807) is 18.7 Å². The molecule has 0 N–H and O–H groups in total. The van der Waals surface area contributed by atoms with Gasteiger partial charge in [-0.2, -0.15) is 0 Å². The number of benzene rings is 2. The Morgan fingerprint density at radius 2 is 1.79 bits per heavy atom. The number of anilines is 2. The number of carbonyl (C=O) groups excluding carboxylic acids is 2. The molecule has 1 atom stereocenters. The molecular weight excluding hydrogens is 500 g/mol. The second-order valence-corrected chi connectivity index (χ2v) is 10.7. The van der Waals surface area contributed by atoms with Crippen molar-refractivity contribution < 1.29 is 14.3 Å². The minimum atomic E-state index is -0.733. The van der Waals surface area contributed by atoms with E-state index >= 15 is 0 Å². The van der Waals surface area contributed by atoms with Crippen LogP contribution in [0.4, 0.5) is 11.4 Å². The van der Waals surface area contributed by atoms with Crippen molar-refractivity contribution in [3.05, 3.63) is 90.6 Å². The number of esters is 1. The Morgan fingerprint density at radius 1 is 1.11 bits per heavy atom. The van der Waals surface area contributed by atoms with Gasteiger partial charge in [0.05, 0.1) is 35.2 Å². The zero-order valence-electron chi connectivity index (χ0n) is 22.3. The van der Waals surface area contributed by atoms with Crippen molar-refractivity contribution in [2.45, 2.75) is 39.8 Å². The standard InChI is InChI=1S/C29H30N4O4S/c1-7-37-28(36)22-17(4)30-29-33(24(22)18-12-14-19(15-13-18)31(5)6)27(35)25(38-29)23-20-10-8-9-11-21(20)32(16(2)3)26(23)34/h8-16,24H,7H2,1-6H3/b25-23+/t24-/m0/s1. The van der Waals surface area contributed by atoms with Crippen LogP contribution in [0.15, 0.2) is 69.6 Å². The summed E-state index contributed by atoms with van der Waals surface area (Å²) in [6, 6.07) is 14.4. The lowest BCUT2D eigenvalue weighted by Crippen LogP contribution is -2.41. The lowest BCUT2D eigenvalue weighted by Gasteiger charge is -2.25. The summed E-state index contributed by atoms with van der Waals surface area (Å²) in [5.74, 6) is -0.721. The number of aromatic nitrogens is 1. The van der Waals surface area contributed by atoms with Gasteiger partial charge >= 0.3 is 5.97 Å². The number of hydrogen-bond acceptors (Lipinski definition) is 7. The summed E-state index contributed by atoms with van der Waals surface area (Å²) < 4.78 is 7.24. The Hall–Kier alpha value is -3.98. The molecule has 0 fully saturated rings. The maximum absolute atomic E-state index is 14.2. The maximum Gasteiger partial charge on any atom is 0.338 e. The molecule has 8 nitrogen and oxygen atoms in total. The minimum absolute atomic E-state index is 0.0783. The largest absolute Gasteiger partial charge is 0.463 e. The molecule has 0 spiro atoms. The summed E-state index contributed by atoms with van der Waals surface area (Å²) >= 11 is 1.18. The van der Waals surface area contributed by atoms with Crippen LogP contribution in [0, 0.1) is 0 Å². The summed E-state index contributed by atoms with van der Waals surface area (Å²) in [6.07, 6.45) is 0. The molecule has 1 amide bonds. The topological polar surface area (TPSA) is 84.2 Å². The smallest absolute Gasteiger partial charge is 0.338 e. The third kappa shape index (κ3) is 3.98. The van der Waals surface area contributed by atoms with Crippen molar-refractivity contribution in [3.8, 4) is 0 Å². The average Bonchev–Trinajstić information content (AvgIpc) is 3.35. The Bertz CT molecular complexity index is 1660. The molecule has 0 unspecified atom stereocenters. The fraction of sp³-hybridized carbons (Fsp3) is 0.310. The van der Waals surface area contributed by atoms with Crippen LogP contribution in [-0.2, 0) is 14.3 Å². The second-order valence-electron chi connectivity index (χ2n) is 9.77. The number of hydrogen-bond donors (Lipinski definition) is 0. The molecule has 2 aromatic carbocycles. The highest BCUT2D eigenvalue weighted by atomic mass is 32.1. The molecule has 2 aliphatic heterocycles. The van der Waals surface area contributed by atoms with E-state index in [2.05, 4.69) is 4.99 Å². The molecule has 0 radical (unpaired) electrons. The van der Waals surface area contributed by atoms with Crippen LogP contribution in [0.1, 0.15) is 44.9 Å². The van der Waals surface area contributed by atoms with E-state index in [0.717, 1.165) is 22.5 Å². The van der Waals surface area contributed by atoms with Gasteiger partial charge in [0.15, 0.2) is 4.80 Å². The number of ether oxygens (including phenoxy) is 1. The van der Waals surface area contributed by atoms with Gasteiger partial charge in [0.25, 0.3) is 11.5 Å². The Balaban J connectivity index is 1.80. The number of fused-ring (bicyclic) bond motifs is 2. The molecule has 0 saturated carbocycles. The highest BCUT2D eigenvalue weighted by Gasteiger charge is 2.38. The zero-order valence-corrected chi connectivity index (χ0v) is 23.1. The van der Waals surface area contributed by atoms with Crippen molar-refractivity contribution >= 4 is 40.2 Å². The van der Waals surface area contributed by atoms with E-state index in [1.807, 2.05) is 81.4 Å². The van der Waals surface area contributed by atoms with Gasteiger partial charge in [-0.1, -0.05) is 41.7 Å². The lowest BCUT2D eigenvalue weighted by atomic mass is 9.95. The molecule has 9 heteroatoms. The molecule has 5 rings (SSSR count). The predicted molar refractivity (Wildman–Crippen MR) is 149 cm³/mol. The van der Waals surface area contributed by atoms with E-state index in [4.69, 9.17) is 4.74 Å². The lowest BCUT2D eigenvalue weighted by molar-refractivity contribution is -0.139. The number of nitrogens with zero attached hydrogens (tertiary/aromatic N) is 4. The molecule has 3 heterocycles. The number of amides is 1. The van der Waals surface area contributed by atoms with Crippen LogP contribution >= 0.6 is 11.3 Å². The van der Waals surface area contributed by atoms with E-state index in [0.29, 0.717) is 26.2 Å². The highest BCUT2D eigenvalue weighted by Crippen LogP contribution is 2.37. The Morgan fingerprint density at radius 3 is 2.42 bits per heavy atom. The monoisotopic (exact) mass is 530 g/mol. The van der Waals surface area contributed by atoms with Crippen molar-refractivity contribution in [2.75, 3.05) is 30.5 Å². The first kappa shape index (κ1) is 25.7. The van der Waals surface area contributed by atoms with Gasteiger partial charge < -0.3 is 14.5 Å². The third-order valence-corrected chi connectivity index (χ3v) is 7.88. The van der Waals surface area contributed by atoms with Crippen LogP contribution in [-0.4, -0.2) is 43.2 Å². The number of allylic oxidation sites excluding steroid dienone is 1. The number of thiazole rings is 1. The van der Waals surface area contributed by atoms with E-state index in [-0.39, 0.29) is 24.1 Å². The first-order chi connectivity index (χ1) is 18.1. The average molecular weight is 531 g/mol. The Kier molecular flexibility index (Phi) is 6.56. The number of rotatable bonds is 5. The van der Waals surface area contributed by atoms with Gasteiger partial charge in [0.2, 0.25) is 0 Å². The van der Waals surface area contributed by atoms with E-state index in [9.17, 15) is 14.4 Å². The quantitative estimate of drug-likeness (QED) is 0.474. The fourth-order valence-corrected chi connectivity index (χ4v) is 6.22. The summed E-state index contributed by atoms with van der Waals surface area (Å²) in [7, 11) is 3.90. The molecule has 3 aromatic rings. The van der Waals surface area contributed by atoms with Gasteiger partial charge in [0.1, 0.15) is 4.53 Å². The van der Waals surface area contributed by atoms with Gasteiger partial charge in [-0.25, -0.2) is 9.79 Å². The number of carbonyl (C=O) groups is 2. The van der Waals surface area contributed by atoms with Gasteiger partial charge in [0, 0.05) is 31.4 Å². The summed E-state index contributed by atoms with van der Waals surface area (Å²) in [5, 5.41) is 0. The summed E-state index contributed by atoms with van der Waals surface area (Å²) in [4.78, 5) is 49.8. The predicted octanol–water partition coefficient (Wildman–Crippen LogP) is 2.99. The molecule has 0 saturated heterocycles. The Labute approximate surface area is 224 Å². The van der Waals surface area contributed by atoms with Gasteiger partial charge in [-0.05, 0) is 51.5 Å². The fourth-order valence-electron chi connectivity index (χ4n) is 5.08. The van der Waals surface area contributed by atoms with Gasteiger partial charge in [-0.15, -0.1) is 0 Å². The normalized spacial score (nSPS) is 17.9. The molecule has 0 bridgehead atoms.